The second-order valence-electron chi connectivity index (χ2n) is 5.38. The molecule has 0 spiro atoms. The van der Waals surface area contributed by atoms with Gasteiger partial charge in [0.25, 0.3) is 0 Å². The van der Waals surface area contributed by atoms with E-state index in [-0.39, 0.29) is 5.91 Å². The average molecular weight is 343 g/mol. The van der Waals surface area contributed by atoms with E-state index in [9.17, 15) is 4.79 Å². The van der Waals surface area contributed by atoms with Crippen molar-refractivity contribution in [3.63, 3.8) is 0 Å². The topological polar surface area (TPSA) is 54.9 Å². The van der Waals surface area contributed by atoms with E-state index < -0.39 is 0 Å². The van der Waals surface area contributed by atoms with Crippen LogP contribution in [0.4, 0.5) is 5.13 Å². The molecule has 0 aliphatic rings. The van der Waals surface area contributed by atoms with Gasteiger partial charge < -0.3 is 5.32 Å². The Morgan fingerprint density at radius 3 is 2.78 bits per heavy atom. The lowest BCUT2D eigenvalue weighted by molar-refractivity contribution is -0.113. The van der Waals surface area contributed by atoms with E-state index in [4.69, 9.17) is 0 Å². The van der Waals surface area contributed by atoms with Crippen molar-refractivity contribution in [1.29, 1.82) is 0 Å². The summed E-state index contributed by atoms with van der Waals surface area (Å²) in [5.41, 5.74) is 4.25. The second-order valence-corrected chi connectivity index (χ2v) is 7.23. The van der Waals surface area contributed by atoms with E-state index in [1.54, 1.807) is 0 Å². The number of hydrogen-bond acceptors (Lipinski definition) is 5. The molecule has 3 aromatic rings. The first-order valence-electron chi connectivity index (χ1n) is 7.24. The van der Waals surface area contributed by atoms with Gasteiger partial charge >= 0.3 is 0 Å². The van der Waals surface area contributed by atoms with Crippen molar-refractivity contribution in [2.24, 2.45) is 0 Å². The van der Waals surface area contributed by atoms with Crippen LogP contribution < -0.4 is 5.32 Å². The van der Waals surface area contributed by atoms with Crippen molar-refractivity contribution in [2.45, 2.75) is 25.8 Å². The maximum absolute atomic E-state index is 12.0. The first-order valence-corrected chi connectivity index (χ1v) is 9.11. The molecule has 1 amide bonds. The second kappa shape index (κ2) is 6.68. The summed E-state index contributed by atoms with van der Waals surface area (Å²) < 4.78 is 0. The van der Waals surface area contributed by atoms with Gasteiger partial charge in [0.15, 0.2) is 5.13 Å². The predicted octanol–water partition coefficient (Wildman–Crippen LogP) is 4.35. The fourth-order valence-corrected chi connectivity index (χ4v) is 3.78. The van der Waals surface area contributed by atoms with Gasteiger partial charge in [-0.2, -0.15) is 0 Å². The highest BCUT2D eigenvalue weighted by molar-refractivity contribution is 7.99. The Bertz CT molecular complexity index is 873. The summed E-state index contributed by atoms with van der Waals surface area (Å²) in [7, 11) is 0. The van der Waals surface area contributed by atoms with Crippen LogP contribution in [0.2, 0.25) is 0 Å². The van der Waals surface area contributed by atoms with Crippen LogP contribution in [-0.2, 0) is 4.79 Å². The number of pyridine rings is 1. The van der Waals surface area contributed by atoms with Gasteiger partial charge in [-0.25, -0.2) is 9.97 Å². The quantitative estimate of drug-likeness (QED) is 0.716. The van der Waals surface area contributed by atoms with E-state index in [0.717, 1.165) is 27.2 Å². The van der Waals surface area contributed by atoms with E-state index in [1.807, 2.05) is 24.4 Å². The number of para-hydroxylation sites is 1. The highest BCUT2D eigenvalue weighted by atomic mass is 32.2. The van der Waals surface area contributed by atoms with Crippen LogP contribution in [0.25, 0.3) is 10.9 Å². The maximum Gasteiger partial charge on any atom is 0.236 e. The van der Waals surface area contributed by atoms with Crippen molar-refractivity contribution >= 4 is 45.0 Å². The smallest absolute Gasteiger partial charge is 0.236 e. The Morgan fingerprint density at radius 2 is 2.04 bits per heavy atom. The van der Waals surface area contributed by atoms with Gasteiger partial charge in [0.2, 0.25) is 5.91 Å². The number of carbonyl (C=O) groups excluding carboxylic acids is 1. The number of carbonyl (C=O) groups is 1. The summed E-state index contributed by atoms with van der Waals surface area (Å²) in [5.74, 6) is 0.260. The number of nitrogens with one attached hydrogen (secondary N) is 1. The van der Waals surface area contributed by atoms with Gasteiger partial charge in [0.1, 0.15) is 0 Å². The molecule has 0 saturated heterocycles. The van der Waals surface area contributed by atoms with Gasteiger partial charge in [0.05, 0.1) is 22.0 Å². The van der Waals surface area contributed by atoms with Crippen LogP contribution in [-0.4, -0.2) is 21.6 Å². The third kappa shape index (κ3) is 3.71. The number of nitrogens with zero attached hydrogens (tertiary/aromatic N) is 2. The molecule has 0 unspecified atom stereocenters. The van der Waals surface area contributed by atoms with Gasteiger partial charge in [-0.1, -0.05) is 30.0 Å². The molecule has 0 fully saturated rings. The SMILES string of the molecule is Cc1csc(NC(=O)CSc2cc(C)c3cccc(C)c3n2)n1. The third-order valence-electron chi connectivity index (χ3n) is 3.44. The lowest BCUT2D eigenvalue weighted by atomic mass is 10.1. The highest BCUT2D eigenvalue weighted by Gasteiger charge is 2.09. The average Bonchev–Trinajstić information content (AvgIpc) is 2.91. The Morgan fingerprint density at radius 1 is 1.22 bits per heavy atom. The summed E-state index contributed by atoms with van der Waals surface area (Å²) in [4.78, 5) is 20.9. The largest absolute Gasteiger partial charge is 0.301 e. The van der Waals surface area contributed by atoms with Gasteiger partial charge in [-0.15, -0.1) is 11.3 Å². The molecule has 1 aromatic carbocycles. The van der Waals surface area contributed by atoms with Crippen molar-refractivity contribution < 1.29 is 4.79 Å². The van der Waals surface area contributed by atoms with Crippen molar-refractivity contribution in [2.75, 3.05) is 11.1 Å². The van der Waals surface area contributed by atoms with E-state index in [1.165, 1.54) is 28.7 Å². The number of benzene rings is 1. The number of anilines is 1. The van der Waals surface area contributed by atoms with Crippen LogP contribution in [0, 0.1) is 20.8 Å². The van der Waals surface area contributed by atoms with Gasteiger partial charge in [0, 0.05) is 10.8 Å². The summed E-state index contributed by atoms with van der Waals surface area (Å²) in [6, 6.07) is 8.22. The van der Waals surface area contributed by atoms with E-state index in [2.05, 4.69) is 41.3 Å². The third-order valence-corrected chi connectivity index (χ3v) is 5.23. The normalized spacial score (nSPS) is 10.9. The Balaban J connectivity index is 1.72. The minimum absolute atomic E-state index is 0.0614. The number of thiazole rings is 1. The summed E-state index contributed by atoms with van der Waals surface area (Å²) in [6.07, 6.45) is 0. The number of rotatable bonds is 4. The molecule has 0 aliphatic heterocycles. The fourth-order valence-electron chi connectivity index (χ4n) is 2.31. The molecule has 3 rings (SSSR count). The fraction of sp³-hybridized carbons (Fsp3) is 0.235. The minimum Gasteiger partial charge on any atom is -0.301 e. The zero-order valence-corrected chi connectivity index (χ0v) is 14.8. The lowest BCUT2D eigenvalue weighted by Gasteiger charge is -2.08. The predicted molar refractivity (Wildman–Crippen MR) is 97.4 cm³/mol. The number of fused-ring (bicyclic) bond motifs is 1. The summed E-state index contributed by atoms with van der Waals surface area (Å²) in [5, 5.41) is 7.41. The number of thioether (sulfide) groups is 1. The molecule has 4 nitrogen and oxygen atoms in total. The molecule has 0 bridgehead atoms. The van der Waals surface area contributed by atoms with Gasteiger partial charge in [-0.05, 0) is 38.0 Å². The Hall–Kier alpha value is -1.92. The molecule has 0 saturated carbocycles. The molecule has 2 heterocycles. The van der Waals surface area contributed by atoms with Crippen LogP contribution in [0.3, 0.4) is 0 Å². The molecule has 0 atom stereocenters. The van der Waals surface area contributed by atoms with Crippen molar-refractivity contribution in [3.05, 3.63) is 46.5 Å². The standard InChI is InChI=1S/C17H17N3OS2/c1-10-5-4-6-13-11(2)7-15(20-16(10)13)22-9-14(21)19-17-18-12(3)8-23-17/h4-8H,9H2,1-3H3,(H,18,19,21). The minimum atomic E-state index is -0.0614. The molecule has 23 heavy (non-hydrogen) atoms. The van der Waals surface area contributed by atoms with E-state index in [0.29, 0.717) is 10.9 Å². The first kappa shape index (κ1) is 16.0. The summed E-state index contributed by atoms with van der Waals surface area (Å²) >= 11 is 2.88. The monoisotopic (exact) mass is 343 g/mol. The molecule has 118 valence electrons. The zero-order valence-electron chi connectivity index (χ0n) is 13.2. The zero-order chi connectivity index (χ0) is 16.4. The van der Waals surface area contributed by atoms with Crippen molar-refractivity contribution in [1.82, 2.24) is 9.97 Å². The molecule has 1 N–H and O–H groups in total. The molecule has 0 aliphatic carbocycles. The summed E-state index contributed by atoms with van der Waals surface area (Å²) in [6.45, 7) is 6.04. The van der Waals surface area contributed by atoms with Crippen LogP contribution in [0.1, 0.15) is 16.8 Å². The van der Waals surface area contributed by atoms with Crippen LogP contribution in [0.5, 0.6) is 0 Å². The highest BCUT2D eigenvalue weighted by Crippen LogP contribution is 2.25. The maximum atomic E-state index is 12.0. The van der Waals surface area contributed by atoms with Crippen molar-refractivity contribution in [3.8, 4) is 0 Å². The number of hydrogen-bond donors (Lipinski definition) is 1. The number of aromatic nitrogens is 2. The molecular weight excluding hydrogens is 326 g/mol. The van der Waals surface area contributed by atoms with Crippen LogP contribution >= 0.6 is 23.1 Å². The molecule has 6 heteroatoms. The lowest BCUT2D eigenvalue weighted by Crippen LogP contribution is -2.14. The molecule has 0 radical (unpaired) electrons. The molecule has 2 aromatic heterocycles. The Labute approximate surface area is 143 Å². The molecular formula is C17H17N3OS2. The number of aryl methyl sites for hydroxylation is 3. The van der Waals surface area contributed by atoms with E-state index >= 15 is 0 Å². The van der Waals surface area contributed by atoms with Gasteiger partial charge in [-0.3, -0.25) is 4.79 Å². The number of amides is 1. The Kier molecular flexibility index (Phi) is 4.63. The van der Waals surface area contributed by atoms with Crippen LogP contribution in [0.15, 0.2) is 34.7 Å². The first-order chi connectivity index (χ1) is 11.0.